The van der Waals surface area contributed by atoms with Gasteiger partial charge >= 0.3 is 0 Å². The van der Waals surface area contributed by atoms with E-state index in [9.17, 15) is 4.39 Å². The molecule has 1 aromatic heterocycles. The Balaban J connectivity index is 2.42. The lowest BCUT2D eigenvalue weighted by molar-refractivity contribution is 0.630. The first-order chi connectivity index (χ1) is 9.58. The van der Waals surface area contributed by atoms with Crippen LogP contribution >= 0.6 is 23.2 Å². The number of hydrogen-bond donors (Lipinski definition) is 1. The number of hydrogen-bond acceptors (Lipinski definition) is 3. The fraction of sp³-hybridized carbons (Fsp3) is 0. The summed E-state index contributed by atoms with van der Waals surface area (Å²) in [6.45, 7) is 0. The lowest BCUT2D eigenvalue weighted by Gasteiger charge is -2.10. The molecule has 0 fully saturated rings. The van der Waals surface area contributed by atoms with Crippen LogP contribution in [0.4, 0.5) is 10.2 Å². The molecule has 6 heteroatoms. The van der Waals surface area contributed by atoms with Crippen LogP contribution in [0.2, 0.25) is 10.0 Å². The van der Waals surface area contributed by atoms with Gasteiger partial charge in [-0.25, -0.2) is 14.4 Å². The molecule has 0 saturated heterocycles. The van der Waals surface area contributed by atoms with Gasteiger partial charge in [-0.15, -0.1) is 0 Å². The number of nitrogen functional groups attached to an aromatic ring is 1. The second-order valence-electron chi connectivity index (χ2n) is 4.21. The van der Waals surface area contributed by atoms with Crippen LogP contribution in [0.3, 0.4) is 0 Å². The van der Waals surface area contributed by atoms with Crippen LogP contribution in [0, 0.1) is 5.82 Å². The van der Waals surface area contributed by atoms with Gasteiger partial charge in [-0.2, -0.15) is 0 Å². The zero-order valence-electron chi connectivity index (χ0n) is 10.1. The lowest BCUT2D eigenvalue weighted by atomic mass is 10.0. The molecular weight excluding hydrogens is 300 g/mol. The van der Waals surface area contributed by atoms with Crippen molar-refractivity contribution in [3.05, 3.63) is 52.5 Å². The molecule has 0 aliphatic heterocycles. The first-order valence-electron chi connectivity index (χ1n) is 5.72. The minimum atomic E-state index is -0.440. The maximum atomic E-state index is 13.8. The third-order valence-corrected chi connectivity index (χ3v) is 3.79. The van der Waals surface area contributed by atoms with Gasteiger partial charge in [0.2, 0.25) is 0 Å². The number of aromatic nitrogens is 2. The van der Waals surface area contributed by atoms with Crippen molar-refractivity contribution in [3.8, 4) is 11.1 Å². The molecule has 0 aliphatic carbocycles. The minimum Gasteiger partial charge on any atom is -0.383 e. The smallest absolute Gasteiger partial charge is 0.134 e. The molecule has 1 heterocycles. The maximum Gasteiger partial charge on any atom is 0.134 e. The summed E-state index contributed by atoms with van der Waals surface area (Å²) in [7, 11) is 0. The highest BCUT2D eigenvalue weighted by Crippen LogP contribution is 2.37. The summed E-state index contributed by atoms with van der Waals surface area (Å²) in [5.41, 5.74) is 7.42. The first kappa shape index (κ1) is 13.1. The van der Waals surface area contributed by atoms with E-state index in [-0.39, 0.29) is 5.82 Å². The molecule has 20 heavy (non-hydrogen) atoms. The Bertz CT molecular complexity index is 821. The summed E-state index contributed by atoms with van der Waals surface area (Å²) < 4.78 is 13.8. The van der Waals surface area contributed by atoms with E-state index in [4.69, 9.17) is 28.9 Å². The molecule has 2 N–H and O–H groups in total. The number of fused-ring (bicyclic) bond motifs is 1. The number of anilines is 1. The van der Waals surface area contributed by atoms with Crippen LogP contribution in [0.25, 0.3) is 22.0 Å². The molecule has 3 nitrogen and oxygen atoms in total. The standard InChI is InChI=1S/C14H8Cl2FN3/c15-11-3-1-2-8(12(11)16)9-4-7(17)5-10-13(9)19-6-20-14(10)18/h1-6H,(H2,18,19,20). The SMILES string of the molecule is Nc1ncnc2c(-c3cccc(Cl)c3Cl)cc(F)cc12. The van der Waals surface area contributed by atoms with E-state index in [1.807, 2.05) is 0 Å². The van der Waals surface area contributed by atoms with Crippen molar-refractivity contribution >= 4 is 39.9 Å². The lowest BCUT2D eigenvalue weighted by Crippen LogP contribution is -1.96. The second-order valence-corrected chi connectivity index (χ2v) is 4.99. The summed E-state index contributed by atoms with van der Waals surface area (Å²) in [5, 5.41) is 1.18. The Hall–Kier alpha value is -1.91. The molecule has 3 aromatic rings. The van der Waals surface area contributed by atoms with Crippen molar-refractivity contribution in [3.63, 3.8) is 0 Å². The number of halogens is 3. The summed E-state index contributed by atoms with van der Waals surface area (Å²) >= 11 is 12.2. The first-order valence-corrected chi connectivity index (χ1v) is 6.47. The van der Waals surface area contributed by atoms with Crippen LogP contribution in [-0.2, 0) is 0 Å². The van der Waals surface area contributed by atoms with E-state index < -0.39 is 5.82 Å². The fourth-order valence-electron chi connectivity index (χ4n) is 2.07. The summed E-state index contributed by atoms with van der Waals surface area (Å²) in [6, 6.07) is 7.81. The molecule has 0 saturated carbocycles. The largest absolute Gasteiger partial charge is 0.383 e. The van der Waals surface area contributed by atoms with Gasteiger partial charge in [-0.05, 0) is 18.2 Å². The minimum absolute atomic E-state index is 0.217. The average Bonchev–Trinajstić information content (AvgIpc) is 2.42. The van der Waals surface area contributed by atoms with Crippen molar-refractivity contribution in [2.24, 2.45) is 0 Å². The van der Waals surface area contributed by atoms with Gasteiger partial charge in [0, 0.05) is 16.5 Å². The molecule has 0 radical (unpaired) electrons. The summed E-state index contributed by atoms with van der Waals surface area (Å²) in [5.74, 6) is -0.223. The van der Waals surface area contributed by atoms with Crippen LogP contribution < -0.4 is 5.73 Å². The van der Waals surface area contributed by atoms with E-state index in [2.05, 4.69) is 9.97 Å². The Morgan fingerprint density at radius 1 is 1.05 bits per heavy atom. The van der Waals surface area contributed by atoms with Gasteiger partial charge < -0.3 is 5.73 Å². The van der Waals surface area contributed by atoms with Crippen molar-refractivity contribution in [2.75, 3.05) is 5.73 Å². The fourth-order valence-corrected chi connectivity index (χ4v) is 2.47. The van der Waals surface area contributed by atoms with Gasteiger partial charge in [0.15, 0.2) is 0 Å². The predicted octanol–water partition coefficient (Wildman–Crippen LogP) is 4.32. The van der Waals surface area contributed by atoms with Gasteiger partial charge in [0.1, 0.15) is 18.0 Å². The van der Waals surface area contributed by atoms with E-state index >= 15 is 0 Å². The zero-order chi connectivity index (χ0) is 14.3. The Kier molecular flexibility index (Phi) is 3.20. The topological polar surface area (TPSA) is 51.8 Å². The highest BCUT2D eigenvalue weighted by atomic mass is 35.5. The number of rotatable bonds is 1. The zero-order valence-corrected chi connectivity index (χ0v) is 11.6. The van der Waals surface area contributed by atoms with Crippen LogP contribution in [0.1, 0.15) is 0 Å². The van der Waals surface area contributed by atoms with Crippen LogP contribution in [0.5, 0.6) is 0 Å². The van der Waals surface area contributed by atoms with E-state index in [1.165, 1.54) is 18.5 Å². The monoisotopic (exact) mass is 307 g/mol. The van der Waals surface area contributed by atoms with Crippen molar-refractivity contribution < 1.29 is 4.39 Å². The maximum absolute atomic E-state index is 13.8. The Morgan fingerprint density at radius 2 is 1.85 bits per heavy atom. The Morgan fingerprint density at radius 3 is 2.65 bits per heavy atom. The van der Waals surface area contributed by atoms with Crippen LogP contribution in [-0.4, -0.2) is 9.97 Å². The highest BCUT2D eigenvalue weighted by Gasteiger charge is 2.14. The van der Waals surface area contributed by atoms with Crippen molar-refractivity contribution in [1.82, 2.24) is 9.97 Å². The van der Waals surface area contributed by atoms with Gasteiger partial charge in [-0.1, -0.05) is 35.3 Å². The van der Waals surface area contributed by atoms with Crippen molar-refractivity contribution in [1.29, 1.82) is 0 Å². The molecule has 0 unspecified atom stereocenters. The quantitative estimate of drug-likeness (QED) is 0.728. The third-order valence-electron chi connectivity index (χ3n) is 2.98. The molecule has 0 aliphatic rings. The van der Waals surface area contributed by atoms with Crippen LogP contribution in [0.15, 0.2) is 36.7 Å². The molecule has 0 bridgehead atoms. The molecule has 2 aromatic carbocycles. The van der Waals surface area contributed by atoms with Crippen molar-refractivity contribution in [2.45, 2.75) is 0 Å². The molecule has 3 rings (SSSR count). The molecule has 0 amide bonds. The average molecular weight is 308 g/mol. The molecule has 0 spiro atoms. The van der Waals surface area contributed by atoms with Gasteiger partial charge in [0.05, 0.1) is 15.6 Å². The van der Waals surface area contributed by atoms with Gasteiger partial charge in [0.25, 0.3) is 0 Å². The Labute approximate surface area is 124 Å². The second kappa shape index (κ2) is 4.89. The number of nitrogens with zero attached hydrogens (tertiary/aromatic N) is 2. The number of benzene rings is 2. The highest BCUT2D eigenvalue weighted by molar-refractivity contribution is 6.43. The normalized spacial score (nSPS) is 10.9. The third kappa shape index (κ3) is 2.07. The van der Waals surface area contributed by atoms with Gasteiger partial charge in [-0.3, -0.25) is 0 Å². The van der Waals surface area contributed by atoms with E-state index in [0.717, 1.165) is 0 Å². The molecule has 100 valence electrons. The molecular formula is C14H8Cl2FN3. The number of nitrogens with two attached hydrogens (primary N) is 1. The summed E-state index contributed by atoms with van der Waals surface area (Å²) in [6.07, 6.45) is 1.33. The molecule has 0 atom stereocenters. The van der Waals surface area contributed by atoms with E-state index in [1.54, 1.807) is 18.2 Å². The van der Waals surface area contributed by atoms with E-state index in [0.29, 0.717) is 32.1 Å². The predicted molar refractivity (Wildman–Crippen MR) is 79.4 cm³/mol. The summed E-state index contributed by atoms with van der Waals surface area (Å²) in [4.78, 5) is 8.03.